The Labute approximate surface area is 134 Å². The molecular weight excluding hydrogens is 278 g/mol. The maximum absolute atomic E-state index is 12.5. The normalized spacial score (nSPS) is 31.9. The van der Waals surface area contributed by atoms with Crippen molar-refractivity contribution in [2.75, 3.05) is 39.3 Å². The third-order valence-electron chi connectivity index (χ3n) is 5.38. The lowest BCUT2D eigenvalue weighted by molar-refractivity contribution is -0.153. The van der Waals surface area contributed by atoms with Gasteiger partial charge in [-0.2, -0.15) is 0 Å². The molecule has 3 aliphatic rings. The molecule has 1 spiro atoms. The number of aliphatic hydroxyl groups is 1. The van der Waals surface area contributed by atoms with Crippen LogP contribution in [0, 0.1) is 11.8 Å². The first-order valence-electron chi connectivity index (χ1n) is 8.77. The monoisotopic (exact) mass is 309 g/mol. The minimum Gasteiger partial charge on any atom is -0.392 e. The lowest BCUT2D eigenvalue weighted by Crippen LogP contribution is -2.78. The Morgan fingerprint density at radius 1 is 1.18 bits per heavy atom. The van der Waals surface area contributed by atoms with E-state index in [-0.39, 0.29) is 23.5 Å². The molecule has 0 aliphatic carbocycles. The van der Waals surface area contributed by atoms with Gasteiger partial charge in [0.15, 0.2) is 0 Å². The third-order valence-corrected chi connectivity index (χ3v) is 5.38. The predicted octanol–water partition coefficient (Wildman–Crippen LogP) is 0.630. The Hall–Kier alpha value is -0.650. The first kappa shape index (κ1) is 16.2. The van der Waals surface area contributed by atoms with Crippen molar-refractivity contribution >= 4 is 5.91 Å². The van der Waals surface area contributed by atoms with Crippen molar-refractivity contribution in [3.8, 4) is 0 Å². The van der Waals surface area contributed by atoms with Crippen LogP contribution in [-0.4, -0.2) is 82.7 Å². The molecular formula is C17H31N3O2. The van der Waals surface area contributed by atoms with Gasteiger partial charge in [-0.3, -0.25) is 14.6 Å². The first-order chi connectivity index (χ1) is 10.3. The zero-order valence-electron chi connectivity index (χ0n) is 14.5. The van der Waals surface area contributed by atoms with Crippen molar-refractivity contribution in [2.24, 2.45) is 11.8 Å². The summed E-state index contributed by atoms with van der Waals surface area (Å²) in [6.45, 7) is 14.1. The van der Waals surface area contributed by atoms with E-state index in [1.54, 1.807) is 0 Å². The SMILES string of the molecule is CC(C)CN1CC2(C1)CN(C(=O)C(C)C)C[C@@H]1C[C@@H](O)CN12. The lowest BCUT2D eigenvalue weighted by Gasteiger charge is -2.61. The Morgan fingerprint density at radius 3 is 2.45 bits per heavy atom. The number of piperazine rings is 1. The Balaban J connectivity index is 1.74. The smallest absolute Gasteiger partial charge is 0.225 e. The van der Waals surface area contributed by atoms with Gasteiger partial charge in [0.2, 0.25) is 5.91 Å². The predicted molar refractivity (Wildman–Crippen MR) is 86.5 cm³/mol. The summed E-state index contributed by atoms with van der Waals surface area (Å²) in [6.07, 6.45) is 0.587. The second-order valence-electron chi connectivity index (χ2n) is 8.36. The summed E-state index contributed by atoms with van der Waals surface area (Å²) in [5.74, 6) is 0.999. The molecule has 3 saturated heterocycles. The summed E-state index contributed by atoms with van der Waals surface area (Å²) >= 11 is 0. The number of hydrogen-bond acceptors (Lipinski definition) is 4. The number of hydrogen-bond donors (Lipinski definition) is 1. The highest BCUT2D eigenvalue weighted by molar-refractivity contribution is 5.78. The van der Waals surface area contributed by atoms with Gasteiger partial charge in [0.25, 0.3) is 0 Å². The molecule has 0 unspecified atom stereocenters. The molecule has 0 aromatic heterocycles. The van der Waals surface area contributed by atoms with Crippen LogP contribution >= 0.6 is 0 Å². The third kappa shape index (κ3) is 2.79. The van der Waals surface area contributed by atoms with Crippen LogP contribution < -0.4 is 0 Å². The molecule has 5 nitrogen and oxygen atoms in total. The number of nitrogens with zero attached hydrogens (tertiary/aromatic N) is 3. The van der Waals surface area contributed by atoms with Gasteiger partial charge in [0.1, 0.15) is 0 Å². The number of likely N-dealkylation sites (tertiary alicyclic amines) is 1. The molecule has 0 aromatic carbocycles. The topological polar surface area (TPSA) is 47.0 Å². The summed E-state index contributed by atoms with van der Waals surface area (Å²) in [5.41, 5.74) is 0.0832. The van der Waals surface area contributed by atoms with Crippen molar-refractivity contribution in [2.45, 2.75) is 51.8 Å². The molecule has 3 aliphatic heterocycles. The second-order valence-corrected chi connectivity index (χ2v) is 8.36. The fourth-order valence-electron chi connectivity index (χ4n) is 4.66. The summed E-state index contributed by atoms with van der Waals surface area (Å²) in [5, 5.41) is 10.1. The molecule has 1 N–H and O–H groups in total. The van der Waals surface area contributed by atoms with Crippen LogP contribution in [0.4, 0.5) is 0 Å². The molecule has 2 atom stereocenters. The van der Waals surface area contributed by atoms with E-state index in [4.69, 9.17) is 0 Å². The summed E-state index contributed by atoms with van der Waals surface area (Å²) < 4.78 is 0. The zero-order chi connectivity index (χ0) is 16.1. The van der Waals surface area contributed by atoms with Crippen LogP contribution in [0.2, 0.25) is 0 Å². The van der Waals surface area contributed by atoms with E-state index in [1.165, 1.54) is 0 Å². The fourth-order valence-corrected chi connectivity index (χ4v) is 4.66. The average molecular weight is 309 g/mol. The fraction of sp³-hybridized carbons (Fsp3) is 0.941. The maximum Gasteiger partial charge on any atom is 0.225 e. The molecule has 3 heterocycles. The van der Waals surface area contributed by atoms with Crippen LogP contribution in [0.25, 0.3) is 0 Å². The lowest BCUT2D eigenvalue weighted by atomic mass is 9.83. The summed E-state index contributed by atoms with van der Waals surface area (Å²) in [4.78, 5) is 19.6. The number of carbonyl (C=O) groups is 1. The van der Waals surface area contributed by atoms with Crippen LogP contribution in [0.3, 0.4) is 0 Å². The molecule has 126 valence electrons. The van der Waals surface area contributed by atoms with Gasteiger partial charge in [-0.1, -0.05) is 27.7 Å². The van der Waals surface area contributed by atoms with E-state index in [0.29, 0.717) is 12.0 Å². The van der Waals surface area contributed by atoms with E-state index in [0.717, 1.165) is 45.7 Å². The van der Waals surface area contributed by atoms with Gasteiger partial charge in [-0.25, -0.2) is 0 Å². The van der Waals surface area contributed by atoms with E-state index in [9.17, 15) is 9.90 Å². The number of amides is 1. The molecule has 3 rings (SSSR count). The van der Waals surface area contributed by atoms with Crippen LogP contribution in [-0.2, 0) is 4.79 Å². The molecule has 22 heavy (non-hydrogen) atoms. The molecule has 0 aromatic rings. The van der Waals surface area contributed by atoms with Crippen molar-refractivity contribution in [3.05, 3.63) is 0 Å². The van der Waals surface area contributed by atoms with Crippen molar-refractivity contribution in [1.29, 1.82) is 0 Å². The molecule has 0 bridgehead atoms. The molecule has 3 fully saturated rings. The average Bonchev–Trinajstić information content (AvgIpc) is 2.75. The first-order valence-corrected chi connectivity index (χ1v) is 8.77. The van der Waals surface area contributed by atoms with Gasteiger partial charge < -0.3 is 10.0 Å². The standard InChI is InChI=1S/C17H31N3O2/c1-12(2)6-18-9-17(10-18)11-19(16(22)13(3)4)7-14-5-15(21)8-20(14)17/h12-15,21H,5-11H2,1-4H3/t14-,15+/m0/s1. The van der Waals surface area contributed by atoms with Gasteiger partial charge >= 0.3 is 0 Å². The van der Waals surface area contributed by atoms with Gasteiger partial charge in [-0.05, 0) is 12.3 Å². The van der Waals surface area contributed by atoms with Crippen molar-refractivity contribution in [3.63, 3.8) is 0 Å². The second kappa shape index (κ2) is 5.77. The largest absolute Gasteiger partial charge is 0.392 e. The van der Waals surface area contributed by atoms with E-state index < -0.39 is 0 Å². The number of fused-ring (bicyclic) bond motifs is 2. The van der Waals surface area contributed by atoms with Crippen LogP contribution in [0.15, 0.2) is 0 Å². The highest BCUT2D eigenvalue weighted by Crippen LogP contribution is 2.39. The molecule has 5 heteroatoms. The van der Waals surface area contributed by atoms with Gasteiger partial charge in [0, 0.05) is 51.2 Å². The Morgan fingerprint density at radius 2 is 1.86 bits per heavy atom. The molecule has 1 amide bonds. The minimum absolute atomic E-state index is 0.0572. The van der Waals surface area contributed by atoms with E-state index >= 15 is 0 Å². The highest BCUT2D eigenvalue weighted by Gasteiger charge is 2.56. The van der Waals surface area contributed by atoms with E-state index in [1.807, 2.05) is 13.8 Å². The highest BCUT2D eigenvalue weighted by atomic mass is 16.3. The summed E-state index contributed by atoms with van der Waals surface area (Å²) in [7, 11) is 0. The zero-order valence-corrected chi connectivity index (χ0v) is 14.5. The number of carbonyl (C=O) groups excluding carboxylic acids is 1. The Bertz CT molecular complexity index is 432. The molecule has 0 saturated carbocycles. The number of rotatable bonds is 3. The van der Waals surface area contributed by atoms with Gasteiger partial charge in [-0.15, -0.1) is 0 Å². The number of β-amino-alcohol motifs (C(OH)–C–C–N with tert-alkyl or cyclic N) is 1. The van der Waals surface area contributed by atoms with E-state index in [2.05, 4.69) is 28.5 Å². The summed E-state index contributed by atoms with van der Waals surface area (Å²) in [6, 6.07) is 0.340. The minimum atomic E-state index is -0.227. The van der Waals surface area contributed by atoms with Gasteiger partial charge in [0.05, 0.1) is 11.6 Å². The quantitative estimate of drug-likeness (QED) is 0.831. The van der Waals surface area contributed by atoms with Crippen molar-refractivity contribution in [1.82, 2.24) is 14.7 Å². The van der Waals surface area contributed by atoms with Crippen molar-refractivity contribution < 1.29 is 9.90 Å². The number of aliphatic hydroxyl groups excluding tert-OH is 1. The van der Waals surface area contributed by atoms with Crippen LogP contribution in [0.1, 0.15) is 34.1 Å². The molecule has 0 radical (unpaired) electrons. The maximum atomic E-state index is 12.5. The Kier molecular flexibility index (Phi) is 4.25. The van der Waals surface area contributed by atoms with Crippen LogP contribution in [0.5, 0.6) is 0 Å².